The SMILES string of the molecule is COCCN1CCCC(N)C1c1csc(C)n1. The molecule has 2 rings (SSSR count). The monoisotopic (exact) mass is 255 g/mol. The normalized spacial score (nSPS) is 26.3. The molecule has 2 unspecified atom stereocenters. The van der Waals surface area contributed by atoms with Crippen LogP contribution in [0.2, 0.25) is 0 Å². The first kappa shape index (κ1) is 13.0. The molecular formula is C12H21N3OS. The minimum absolute atomic E-state index is 0.196. The van der Waals surface area contributed by atoms with Crippen LogP contribution in [0, 0.1) is 6.92 Å². The molecule has 17 heavy (non-hydrogen) atoms. The number of aromatic nitrogens is 1. The molecular weight excluding hydrogens is 234 g/mol. The van der Waals surface area contributed by atoms with Crippen molar-refractivity contribution in [3.8, 4) is 0 Å². The van der Waals surface area contributed by atoms with E-state index in [1.807, 2.05) is 6.92 Å². The van der Waals surface area contributed by atoms with Crippen molar-refractivity contribution in [2.75, 3.05) is 26.8 Å². The van der Waals surface area contributed by atoms with Gasteiger partial charge in [0.25, 0.3) is 0 Å². The Labute approximate surface area is 107 Å². The lowest BCUT2D eigenvalue weighted by Gasteiger charge is -2.38. The van der Waals surface area contributed by atoms with E-state index >= 15 is 0 Å². The van der Waals surface area contributed by atoms with Crippen LogP contribution in [-0.4, -0.2) is 42.7 Å². The summed E-state index contributed by atoms with van der Waals surface area (Å²) in [6.45, 7) is 4.83. The quantitative estimate of drug-likeness (QED) is 0.887. The number of thiazole rings is 1. The number of hydrogen-bond acceptors (Lipinski definition) is 5. The maximum Gasteiger partial charge on any atom is 0.0898 e. The fraction of sp³-hybridized carbons (Fsp3) is 0.750. The zero-order chi connectivity index (χ0) is 12.3. The van der Waals surface area contributed by atoms with Gasteiger partial charge in [0.2, 0.25) is 0 Å². The van der Waals surface area contributed by atoms with Crippen molar-refractivity contribution in [3.63, 3.8) is 0 Å². The highest BCUT2D eigenvalue weighted by molar-refractivity contribution is 7.09. The van der Waals surface area contributed by atoms with Crippen LogP contribution in [0.5, 0.6) is 0 Å². The van der Waals surface area contributed by atoms with Crippen molar-refractivity contribution in [1.29, 1.82) is 0 Å². The van der Waals surface area contributed by atoms with Gasteiger partial charge in [-0.2, -0.15) is 0 Å². The van der Waals surface area contributed by atoms with E-state index in [1.165, 1.54) is 6.42 Å². The lowest BCUT2D eigenvalue weighted by Crippen LogP contribution is -2.47. The topological polar surface area (TPSA) is 51.4 Å². The minimum Gasteiger partial charge on any atom is -0.383 e. The van der Waals surface area contributed by atoms with Crippen LogP contribution in [0.1, 0.15) is 29.6 Å². The Hall–Kier alpha value is -0.490. The number of methoxy groups -OCH3 is 1. The molecule has 0 bridgehead atoms. The highest BCUT2D eigenvalue weighted by atomic mass is 32.1. The maximum atomic E-state index is 6.26. The molecule has 1 fully saturated rings. The highest BCUT2D eigenvalue weighted by Gasteiger charge is 2.31. The summed E-state index contributed by atoms with van der Waals surface area (Å²) in [5.74, 6) is 0. The summed E-state index contributed by atoms with van der Waals surface area (Å²) >= 11 is 1.70. The highest BCUT2D eigenvalue weighted by Crippen LogP contribution is 2.30. The molecule has 1 aliphatic rings. The molecule has 96 valence electrons. The van der Waals surface area contributed by atoms with Gasteiger partial charge >= 0.3 is 0 Å². The first-order valence-corrected chi connectivity index (χ1v) is 7.01. The van der Waals surface area contributed by atoms with Gasteiger partial charge in [-0.05, 0) is 26.3 Å². The van der Waals surface area contributed by atoms with Gasteiger partial charge in [0.1, 0.15) is 0 Å². The zero-order valence-electron chi connectivity index (χ0n) is 10.6. The number of nitrogens with two attached hydrogens (primary N) is 1. The van der Waals surface area contributed by atoms with Crippen molar-refractivity contribution in [2.24, 2.45) is 5.73 Å². The summed E-state index contributed by atoms with van der Waals surface area (Å²) in [7, 11) is 1.74. The first-order valence-electron chi connectivity index (χ1n) is 6.13. The lowest BCUT2D eigenvalue weighted by molar-refractivity contribution is 0.0831. The van der Waals surface area contributed by atoms with Gasteiger partial charge < -0.3 is 10.5 Å². The Morgan fingerprint density at radius 1 is 1.65 bits per heavy atom. The van der Waals surface area contributed by atoms with Crippen LogP contribution in [0.4, 0.5) is 0 Å². The van der Waals surface area contributed by atoms with Crippen LogP contribution >= 0.6 is 11.3 Å². The summed E-state index contributed by atoms with van der Waals surface area (Å²) in [6.07, 6.45) is 2.26. The molecule has 5 heteroatoms. The summed E-state index contributed by atoms with van der Waals surface area (Å²) < 4.78 is 5.17. The van der Waals surface area contributed by atoms with Gasteiger partial charge in [0, 0.05) is 25.1 Å². The van der Waals surface area contributed by atoms with E-state index in [0.717, 1.165) is 36.8 Å². The molecule has 0 saturated carbocycles. The Balaban J connectivity index is 2.12. The predicted octanol–water partition coefficient (Wildman–Crippen LogP) is 1.56. The molecule has 0 spiro atoms. The van der Waals surface area contributed by atoms with Crippen molar-refractivity contribution in [1.82, 2.24) is 9.88 Å². The van der Waals surface area contributed by atoms with Crippen LogP contribution < -0.4 is 5.73 Å². The number of nitrogens with zero attached hydrogens (tertiary/aromatic N) is 2. The molecule has 2 heterocycles. The molecule has 1 aromatic heterocycles. The Morgan fingerprint density at radius 2 is 2.47 bits per heavy atom. The molecule has 1 aromatic rings. The second-order valence-corrected chi connectivity index (χ2v) is 5.63. The second kappa shape index (κ2) is 5.91. The van der Waals surface area contributed by atoms with E-state index in [0.29, 0.717) is 0 Å². The number of hydrogen-bond donors (Lipinski definition) is 1. The van der Waals surface area contributed by atoms with E-state index in [9.17, 15) is 0 Å². The third-order valence-electron chi connectivity index (χ3n) is 3.30. The molecule has 1 aliphatic heterocycles. The number of rotatable bonds is 4. The van der Waals surface area contributed by atoms with Crippen LogP contribution in [0.3, 0.4) is 0 Å². The summed E-state index contributed by atoms with van der Waals surface area (Å²) in [5, 5.41) is 3.26. The standard InChI is InChI=1S/C12H21N3OS/c1-9-14-11(8-17-9)12-10(13)4-3-5-15(12)6-7-16-2/h8,10,12H,3-7,13H2,1-2H3. The largest absolute Gasteiger partial charge is 0.383 e. The van der Waals surface area contributed by atoms with E-state index in [4.69, 9.17) is 10.5 Å². The van der Waals surface area contributed by atoms with Crippen LogP contribution in [-0.2, 0) is 4.74 Å². The van der Waals surface area contributed by atoms with Crippen molar-refractivity contribution in [3.05, 3.63) is 16.1 Å². The summed E-state index contributed by atoms with van der Waals surface area (Å²) in [5.41, 5.74) is 7.40. The fourth-order valence-corrected chi connectivity index (χ4v) is 3.12. The Morgan fingerprint density at radius 3 is 3.12 bits per heavy atom. The van der Waals surface area contributed by atoms with E-state index < -0.39 is 0 Å². The average Bonchev–Trinajstić information content (AvgIpc) is 2.73. The van der Waals surface area contributed by atoms with Gasteiger partial charge in [-0.3, -0.25) is 4.90 Å². The number of aryl methyl sites for hydroxylation is 1. The lowest BCUT2D eigenvalue weighted by atomic mass is 9.95. The van der Waals surface area contributed by atoms with Crippen molar-refractivity contribution >= 4 is 11.3 Å². The third kappa shape index (κ3) is 3.04. The van der Waals surface area contributed by atoms with Crippen molar-refractivity contribution in [2.45, 2.75) is 31.8 Å². The Bertz CT molecular complexity index is 355. The van der Waals surface area contributed by atoms with Gasteiger partial charge in [-0.1, -0.05) is 0 Å². The van der Waals surface area contributed by atoms with Gasteiger partial charge in [-0.15, -0.1) is 11.3 Å². The molecule has 0 amide bonds. The zero-order valence-corrected chi connectivity index (χ0v) is 11.4. The molecule has 1 saturated heterocycles. The smallest absolute Gasteiger partial charge is 0.0898 e. The van der Waals surface area contributed by atoms with E-state index in [-0.39, 0.29) is 12.1 Å². The average molecular weight is 255 g/mol. The van der Waals surface area contributed by atoms with E-state index in [2.05, 4.69) is 15.3 Å². The van der Waals surface area contributed by atoms with Gasteiger partial charge in [0.05, 0.1) is 23.4 Å². The van der Waals surface area contributed by atoms with Gasteiger partial charge in [-0.25, -0.2) is 4.98 Å². The second-order valence-electron chi connectivity index (χ2n) is 4.57. The number of piperidine rings is 1. The van der Waals surface area contributed by atoms with Crippen LogP contribution in [0.25, 0.3) is 0 Å². The third-order valence-corrected chi connectivity index (χ3v) is 4.10. The molecule has 0 aromatic carbocycles. The molecule has 2 N–H and O–H groups in total. The molecule has 4 nitrogen and oxygen atoms in total. The van der Waals surface area contributed by atoms with E-state index in [1.54, 1.807) is 18.4 Å². The molecule has 0 aliphatic carbocycles. The maximum absolute atomic E-state index is 6.26. The first-order chi connectivity index (χ1) is 8.22. The Kier molecular flexibility index (Phi) is 4.50. The summed E-state index contributed by atoms with van der Waals surface area (Å²) in [6, 6.07) is 0.464. The van der Waals surface area contributed by atoms with Gasteiger partial charge in [0.15, 0.2) is 0 Å². The van der Waals surface area contributed by atoms with Crippen LogP contribution in [0.15, 0.2) is 5.38 Å². The minimum atomic E-state index is 0.196. The van der Waals surface area contributed by atoms with Crippen molar-refractivity contribution < 1.29 is 4.74 Å². The fourth-order valence-electron chi connectivity index (χ4n) is 2.48. The molecule has 0 radical (unpaired) electrons. The number of likely N-dealkylation sites (tertiary alicyclic amines) is 1. The predicted molar refractivity (Wildman–Crippen MR) is 70.3 cm³/mol. The number of ether oxygens (including phenoxy) is 1. The molecule has 2 atom stereocenters. The summed E-state index contributed by atoms with van der Waals surface area (Å²) in [4.78, 5) is 7.01.